The van der Waals surface area contributed by atoms with Gasteiger partial charge in [0.15, 0.2) is 0 Å². The van der Waals surface area contributed by atoms with Gasteiger partial charge in [-0.2, -0.15) is 0 Å². The second kappa shape index (κ2) is 7.00. The van der Waals surface area contributed by atoms with Crippen LogP contribution in [0.25, 0.3) is 0 Å². The van der Waals surface area contributed by atoms with Crippen molar-refractivity contribution >= 4 is 5.91 Å². The van der Waals surface area contributed by atoms with Crippen molar-refractivity contribution in [1.29, 1.82) is 0 Å². The van der Waals surface area contributed by atoms with Crippen LogP contribution in [0.2, 0.25) is 0 Å². The van der Waals surface area contributed by atoms with Crippen molar-refractivity contribution in [3.05, 3.63) is 0 Å². The minimum atomic E-state index is 0.349. The first-order valence-electron chi connectivity index (χ1n) is 6.97. The summed E-state index contributed by atoms with van der Waals surface area (Å²) in [6.45, 7) is 10.5. The lowest BCUT2D eigenvalue weighted by Crippen LogP contribution is -2.46. The molecule has 0 aromatic carbocycles. The summed E-state index contributed by atoms with van der Waals surface area (Å²) in [6, 6.07) is 0. The molecule has 3 heteroatoms. The second-order valence-corrected chi connectivity index (χ2v) is 6.25. The Morgan fingerprint density at radius 2 is 1.76 bits per heavy atom. The van der Waals surface area contributed by atoms with Crippen LogP contribution in [0, 0.1) is 5.41 Å². The number of carbonyl (C=O) groups excluding carboxylic acids is 1. The lowest BCUT2D eigenvalue weighted by molar-refractivity contribution is -0.131. The smallest absolute Gasteiger partial charge is 0.222 e. The van der Waals surface area contributed by atoms with Crippen molar-refractivity contribution in [2.24, 2.45) is 5.41 Å². The second-order valence-electron chi connectivity index (χ2n) is 6.25. The van der Waals surface area contributed by atoms with Crippen molar-refractivity contribution in [3.8, 4) is 0 Å². The Morgan fingerprint density at radius 3 is 2.35 bits per heavy atom. The lowest BCUT2D eigenvalue weighted by atomic mass is 9.89. The zero-order valence-corrected chi connectivity index (χ0v) is 11.7. The quantitative estimate of drug-likeness (QED) is 0.749. The predicted molar refractivity (Wildman–Crippen MR) is 72.0 cm³/mol. The van der Waals surface area contributed by atoms with Crippen molar-refractivity contribution in [3.63, 3.8) is 0 Å². The molecule has 0 aliphatic carbocycles. The fourth-order valence-electron chi connectivity index (χ4n) is 2.18. The van der Waals surface area contributed by atoms with Gasteiger partial charge in [0, 0.05) is 32.6 Å². The number of amides is 1. The number of rotatable bonds is 5. The average molecular weight is 240 g/mol. The maximum absolute atomic E-state index is 11.9. The van der Waals surface area contributed by atoms with Gasteiger partial charge in [-0.05, 0) is 18.3 Å². The van der Waals surface area contributed by atoms with Crippen LogP contribution in [-0.2, 0) is 4.79 Å². The molecule has 100 valence electrons. The van der Waals surface area contributed by atoms with Crippen molar-refractivity contribution < 1.29 is 4.79 Å². The molecule has 1 rings (SSSR count). The summed E-state index contributed by atoms with van der Waals surface area (Å²) in [5.74, 6) is 0.349. The molecular weight excluding hydrogens is 212 g/mol. The van der Waals surface area contributed by atoms with Crippen LogP contribution in [0.4, 0.5) is 0 Å². The third-order valence-electron chi connectivity index (χ3n) is 3.29. The highest BCUT2D eigenvalue weighted by Crippen LogP contribution is 2.22. The van der Waals surface area contributed by atoms with Crippen LogP contribution in [0.15, 0.2) is 0 Å². The van der Waals surface area contributed by atoms with Crippen LogP contribution in [0.1, 0.15) is 52.9 Å². The zero-order valence-electron chi connectivity index (χ0n) is 11.7. The summed E-state index contributed by atoms with van der Waals surface area (Å²) < 4.78 is 0. The SMILES string of the molecule is CC(C)(C)CCCCCC(=O)N1CCNCC1. The molecule has 1 amide bonds. The van der Waals surface area contributed by atoms with E-state index < -0.39 is 0 Å². The first-order chi connectivity index (χ1) is 7.99. The highest BCUT2D eigenvalue weighted by Gasteiger charge is 2.15. The number of unbranched alkanes of at least 4 members (excludes halogenated alkanes) is 2. The van der Waals surface area contributed by atoms with E-state index in [1.807, 2.05) is 4.90 Å². The molecule has 0 bridgehead atoms. The third kappa shape index (κ3) is 6.67. The monoisotopic (exact) mass is 240 g/mol. The van der Waals surface area contributed by atoms with E-state index in [0.29, 0.717) is 11.3 Å². The molecule has 1 saturated heterocycles. The summed E-state index contributed by atoms with van der Waals surface area (Å²) in [5.41, 5.74) is 0.433. The first kappa shape index (κ1) is 14.5. The fraction of sp³-hybridized carbons (Fsp3) is 0.929. The molecule has 0 saturated carbocycles. The number of nitrogens with zero attached hydrogens (tertiary/aromatic N) is 1. The average Bonchev–Trinajstić information content (AvgIpc) is 2.28. The van der Waals surface area contributed by atoms with Crippen molar-refractivity contribution in [2.75, 3.05) is 26.2 Å². The highest BCUT2D eigenvalue weighted by molar-refractivity contribution is 5.76. The lowest BCUT2D eigenvalue weighted by Gasteiger charge is -2.27. The molecule has 0 aromatic heterocycles. The van der Waals surface area contributed by atoms with Crippen LogP contribution >= 0.6 is 0 Å². The molecule has 0 aromatic rings. The maximum atomic E-state index is 11.9. The third-order valence-corrected chi connectivity index (χ3v) is 3.29. The van der Waals surface area contributed by atoms with Gasteiger partial charge in [0.2, 0.25) is 5.91 Å². The maximum Gasteiger partial charge on any atom is 0.222 e. The van der Waals surface area contributed by atoms with Gasteiger partial charge >= 0.3 is 0 Å². The summed E-state index contributed by atoms with van der Waals surface area (Å²) in [6.07, 6.45) is 5.49. The van der Waals surface area contributed by atoms with Gasteiger partial charge in [-0.15, -0.1) is 0 Å². The molecule has 17 heavy (non-hydrogen) atoms. The predicted octanol–water partition coefficient (Wildman–Crippen LogP) is 2.41. The van der Waals surface area contributed by atoms with Crippen LogP contribution < -0.4 is 5.32 Å². The topological polar surface area (TPSA) is 32.3 Å². The van der Waals surface area contributed by atoms with Gasteiger partial charge in [-0.25, -0.2) is 0 Å². The zero-order chi connectivity index (χ0) is 12.7. The molecule has 1 fully saturated rings. The normalized spacial score (nSPS) is 17.2. The van der Waals surface area contributed by atoms with Crippen LogP contribution in [0.3, 0.4) is 0 Å². The van der Waals surface area contributed by atoms with E-state index in [2.05, 4.69) is 26.1 Å². The summed E-state index contributed by atoms with van der Waals surface area (Å²) in [7, 11) is 0. The Labute approximate surface area is 106 Å². The highest BCUT2D eigenvalue weighted by atomic mass is 16.2. The Morgan fingerprint density at radius 1 is 1.12 bits per heavy atom. The number of hydrogen-bond acceptors (Lipinski definition) is 2. The van der Waals surface area contributed by atoms with Gasteiger partial charge in [-0.3, -0.25) is 4.79 Å². The Hall–Kier alpha value is -0.570. The van der Waals surface area contributed by atoms with Crippen LogP contribution in [0.5, 0.6) is 0 Å². The Kier molecular flexibility index (Phi) is 5.96. The first-order valence-corrected chi connectivity index (χ1v) is 6.97. The molecule has 0 spiro atoms. The molecule has 1 aliphatic heterocycles. The number of piperazine rings is 1. The standard InChI is InChI=1S/C14H28N2O/c1-14(2,3)8-6-4-5-7-13(17)16-11-9-15-10-12-16/h15H,4-12H2,1-3H3. The van der Waals surface area contributed by atoms with Gasteiger partial charge in [-0.1, -0.05) is 33.6 Å². The van der Waals surface area contributed by atoms with Gasteiger partial charge in [0.25, 0.3) is 0 Å². The van der Waals surface area contributed by atoms with E-state index in [0.717, 1.165) is 39.0 Å². The fourth-order valence-corrected chi connectivity index (χ4v) is 2.18. The minimum Gasteiger partial charge on any atom is -0.340 e. The van der Waals surface area contributed by atoms with Crippen LogP contribution in [-0.4, -0.2) is 37.0 Å². The molecular formula is C14H28N2O. The summed E-state index contributed by atoms with van der Waals surface area (Å²) in [4.78, 5) is 13.9. The van der Waals surface area contributed by atoms with Gasteiger partial charge < -0.3 is 10.2 Å². The van der Waals surface area contributed by atoms with E-state index in [9.17, 15) is 4.79 Å². The van der Waals surface area contributed by atoms with E-state index in [4.69, 9.17) is 0 Å². The number of hydrogen-bond donors (Lipinski definition) is 1. The molecule has 1 heterocycles. The van der Waals surface area contributed by atoms with Crippen molar-refractivity contribution in [1.82, 2.24) is 10.2 Å². The molecule has 1 N–H and O–H groups in total. The Bertz CT molecular complexity index is 227. The Balaban J connectivity index is 2.04. The molecule has 1 aliphatic rings. The summed E-state index contributed by atoms with van der Waals surface area (Å²) in [5, 5.41) is 3.27. The molecule has 0 atom stereocenters. The minimum absolute atomic E-state index is 0.349. The van der Waals surface area contributed by atoms with Gasteiger partial charge in [0.05, 0.1) is 0 Å². The molecule has 0 unspecified atom stereocenters. The molecule has 3 nitrogen and oxygen atoms in total. The van der Waals surface area contributed by atoms with Crippen molar-refractivity contribution in [2.45, 2.75) is 52.9 Å². The number of carbonyl (C=O) groups is 1. The van der Waals surface area contributed by atoms with E-state index in [1.54, 1.807) is 0 Å². The van der Waals surface area contributed by atoms with Gasteiger partial charge in [0.1, 0.15) is 0 Å². The number of nitrogens with one attached hydrogen (secondary N) is 1. The van der Waals surface area contributed by atoms with E-state index in [1.165, 1.54) is 19.3 Å². The van der Waals surface area contributed by atoms with E-state index in [-0.39, 0.29) is 0 Å². The largest absolute Gasteiger partial charge is 0.340 e. The van der Waals surface area contributed by atoms with E-state index >= 15 is 0 Å². The molecule has 0 radical (unpaired) electrons. The summed E-state index contributed by atoms with van der Waals surface area (Å²) >= 11 is 0.